The van der Waals surface area contributed by atoms with E-state index in [0.717, 1.165) is 0 Å². The molecule has 60 valence electrons. The van der Waals surface area contributed by atoms with E-state index in [-0.39, 0.29) is 10.3 Å². The zero-order valence-corrected chi connectivity index (χ0v) is 6.07. The third-order valence-corrected chi connectivity index (χ3v) is 1.64. The Morgan fingerprint density at radius 3 is 3.00 bits per heavy atom. The van der Waals surface area contributed by atoms with Crippen LogP contribution in [-0.2, 0) is 0 Å². The summed E-state index contributed by atoms with van der Waals surface area (Å²) in [6.45, 7) is 0. The van der Waals surface area contributed by atoms with Crippen molar-refractivity contribution in [3.63, 3.8) is 0 Å². The van der Waals surface area contributed by atoms with Crippen LogP contribution in [0.2, 0.25) is 0 Å². The van der Waals surface area contributed by atoms with Gasteiger partial charge in [-0.25, -0.2) is 0 Å². The SMILES string of the molecule is O=c1ccc2cnccc2n1F. The summed E-state index contributed by atoms with van der Waals surface area (Å²) < 4.78 is 13.0. The molecule has 12 heavy (non-hydrogen) atoms. The van der Waals surface area contributed by atoms with Gasteiger partial charge in [-0.3, -0.25) is 9.78 Å². The van der Waals surface area contributed by atoms with Crippen molar-refractivity contribution >= 4 is 10.9 Å². The molecule has 0 fully saturated rings. The molecule has 0 spiro atoms. The molecule has 0 N–H and O–H groups in total. The molecule has 0 saturated heterocycles. The molecule has 0 aliphatic heterocycles. The quantitative estimate of drug-likeness (QED) is 0.585. The summed E-state index contributed by atoms with van der Waals surface area (Å²) in [5, 5.41) is 0.611. The van der Waals surface area contributed by atoms with Crippen molar-refractivity contribution in [1.29, 1.82) is 0 Å². The maximum atomic E-state index is 13.0. The van der Waals surface area contributed by atoms with E-state index < -0.39 is 5.56 Å². The average molecular weight is 164 g/mol. The fourth-order valence-electron chi connectivity index (χ4n) is 1.05. The lowest BCUT2D eigenvalue weighted by Crippen LogP contribution is -2.11. The van der Waals surface area contributed by atoms with Gasteiger partial charge in [-0.05, 0) is 12.1 Å². The molecule has 0 aliphatic rings. The van der Waals surface area contributed by atoms with Crippen LogP contribution in [0.5, 0.6) is 0 Å². The molecular formula is C8H5FN2O. The summed E-state index contributed by atoms with van der Waals surface area (Å²) in [6, 6.07) is 4.17. The molecule has 0 amide bonds. The molecule has 0 atom stereocenters. The van der Waals surface area contributed by atoms with Crippen LogP contribution in [0, 0.1) is 0 Å². The largest absolute Gasteiger partial charge is 0.279 e. The molecule has 0 saturated carbocycles. The molecule has 0 aromatic carbocycles. The van der Waals surface area contributed by atoms with E-state index in [1.165, 1.54) is 24.5 Å². The van der Waals surface area contributed by atoms with Gasteiger partial charge >= 0.3 is 0 Å². The van der Waals surface area contributed by atoms with E-state index in [1.807, 2.05) is 0 Å². The van der Waals surface area contributed by atoms with Gasteiger partial charge in [0.25, 0.3) is 5.56 Å². The second-order valence-corrected chi connectivity index (χ2v) is 2.39. The monoisotopic (exact) mass is 164 g/mol. The van der Waals surface area contributed by atoms with E-state index >= 15 is 0 Å². The zero-order valence-electron chi connectivity index (χ0n) is 6.07. The number of hydrogen-bond acceptors (Lipinski definition) is 2. The van der Waals surface area contributed by atoms with Crippen molar-refractivity contribution < 1.29 is 4.48 Å². The van der Waals surface area contributed by atoms with Crippen molar-refractivity contribution in [3.8, 4) is 0 Å². The number of nitrogens with zero attached hydrogens (tertiary/aromatic N) is 2. The summed E-state index contributed by atoms with van der Waals surface area (Å²) in [7, 11) is 0. The van der Waals surface area contributed by atoms with Crippen LogP contribution in [0.3, 0.4) is 0 Å². The first-order valence-electron chi connectivity index (χ1n) is 3.41. The third kappa shape index (κ3) is 0.887. The van der Waals surface area contributed by atoms with Gasteiger partial charge in [0.15, 0.2) is 0 Å². The highest BCUT2D eigenvalue weighted by Gasteiger charge is 1.99. The number of halogens is 1. The Hall–Kier alpha value is -1.71. The summed E-state index contributed by atoms with van der Waals surface area (Å²) in [4.78, 5) is 14.7. The van der Waals surface area contributed by atoms with Gasteiger partial charge in [0, 0.05) is 23.8 Å². The molecule has 2 aromatic rings. The van der Waals surface area contributed by atoms with Crippen LogP contribution in [0.4, 0.5) is 4.48 Å². The maximum Gasteiger partial charge on any atom is 0.279 e. The number of pyridine rings is 2. The molecule has 0 bridgehead atoms. The standard InChI is InChI=1S/C8H5FN2O/c9-11-7-3-4-10-5-6(7)1-2-8(11)12/h1-5H. The van der Waals surface area contributed by atoms with Crippen LogP contribution in [0.1, 0.15) is 0 Å². The highest BCUT2D eigenvalue weighted by Crippen LogP contribution is 2.08. The van der Waals surface area contributed by atoms with Crippen molar-refractivity contribution in [2.45, 2.75) is 0 Å². The minimum atomic E-state index is -0.659. The molecule has 0 aliphatic carbocycles. The van der Waals surface area contributed by atoms with Crippen LogP contribution in [0.15, 0.2) is 35.4 Å². The lowest BCUT2D eigenvalue weighted by Gasteiger charge is -1.97. The van der Waals surface area contributed by atoms with E-state index in [0.29, 0.717) is 5.39 Å². The van der Waals surface area contributed by atoms with E-state index in [4.69, 9.17) is 0 Å². The van der Waals surface area contributed by atoms with Gasteiger partial charge in [-0.1, -0.05) is 4.48 Å². The van der Waals surface area contributed by atoms with Gasteiger partial charge in [0.05, 0.1) is 5.52 Å². The molecule has 2 heterocycles. The van der Waals surface area contributed by atoms with E-state index in [2.05, 4.69) is 4.98 Å². The smallest absolute Gasteiger partial charge is 0.267 e. The van der Waals surface area contributed by atoms with Crippen molar-refractivity contribution in [2.24, 2.45) is 0 Å². The normalized spacial score (nSPS) is 10.4. The fourth-order valence-corrected chi connectivity index (χ4v) is 1.05. The van der Waals surface area contributed by atoms with E-state index in [9.17, 15) is 9.28 Å². The lowest BCUT2D eigenvalue weighted by atomic mass is 10.3. The Bertz CT molecular complexity index is 478. The Kier molecular flexibility index (Phi) is 1.40. The average Bonchev–Trinajstić information content (AvgIpc) is 2.12. The topological polar surface area (TPSA) is 34.9 Å². The van der Waals surface area contributed by atoms with Crippen molar-refractivity contribution in [2.75, 3.05) is 0 Å². The Balaban J connectivity index is 3.01. The Morgan fingerprint density at radius 1 is 1.33 bits per heavy atom. The molecule has 3 nitrogen and oxygen atoms in total. The number of rotatable bonds is 0. The van der Waals surface area contributed by atoms with Crippen molar-refractivity contribution in [3.05, 3.63) is 40.9 Å². The second-order valence-electron chi connectivity index (χ2n) is 2.39. The van der Waals surface area contributed by atoms with Crippen LogP contribution in [-0.4, -0.2) is 9.77 Å². The lowest BCUT2D eigenvalue weighted by molar-refractivity contribution is 0.371. The predicted molar refractivity (Wildman–Crippen MR) is 42.5 cm³/mol. The molecule has 0 radical (unpaired) electrons. The molecule has 0 unspecified atom stereocenters. The van der Waals surface area contributed by atoms with Gasteiger partial charge in [-0.2, -0.15) is 0 Å². The van der Waals surface area contributed by atoms with Gasteiger partial charge < -0.3 is 0 Å². The van der Waals surface area contributed by atoms with Crippen LogP contribution in [0.25, 0.3) is 10.9 Å². The van der Waals surface area contributed by atoms with Gasteiger partial charge in [-0.15, -0.1) is 4.79 Å². The summed E-state index contributed by atoms with van der Waals surface area (Å²) >= 11 is 0. The maximum absolute atomic E-state index is 13.0. The molecular weight excluding hydrogens is 159 g/mol. The minimum absolute atomic E-state index is 0.108. The third-order valence-electron chi connectivity index (χ3n) is 1.64. The van der Waals surface area contributed by atoms with E-state index in [1.54, 1.807) is 6.07 Å². The first-order valence-corrected chi connectivity index (χ1v) is 3.41. The number of aromatic nitrogens is 2. The Labute approximate surface area is 67.0 Å². The van der Waals surface area contributed by atoms with Gasteiger partial charge in [0.1, 0.15) is 0 Å². The minimum Gasteiger partial charge on any atom is -0.267 e. The van der Waals surface area contributed by atoms with Crippen LogP contribution < -0.4 is 5.56 Å². The molecule has 2 aromatic heterocycles. The fraction of sp³-hybridized carbons (Fsp3) is 0. The Morgan fingerprint density at radius 2 is 2.17 bits per heavy atom. The zero-order chi connectivity index (χ0) is 8.55. The van der Waals surface area contributed by atoms with Gasteiger partial charge in [0.2, 0.25) is 0 Å². The summed E-state index contributed by atoms with van der Waals surface area (Å²) in [5.41, 5.74) is -0.411. The molecule has 2 rings (SSSR count). The van der Waals surface area contributed by atoms with Crippen molar-refractivity contribution in [1.82, 2.24) is 9.77 Å². The predicted octanol–water partition coefficient (Wildman–Crippen LogP) is 1.13. The first-order chi connectivity index (χ1) is 5.79. The van der Waals surface area contributed by atoms with Crippen LogP contribution >= 0.6 is 0 Å². The first kappa shape index (κ1) is 6.97. The number of fused-ring (bicyclic) bond motifs is 1. The highest BCUT2D eigenvalue weighted by molar-refractivity contribution is 5.77. The highest BCUT2D eigenvalue weighted by atomic mass is 19.2. The summed E-state index contributed by atoms with van der Waals surface area (Å²) in [6.07, 6.45) is 2.95. The summed E-state index contributed by atoms with van der Waals surface area (Å²) in [5.74, 6) is 0. The molecule has 4 heteroatoms. The second kappa shape index (κ2) is 2.41. The number of hydrogen-bond donors (Lipinski definition) is 0.